The number of nitrogen functional groups attached to an aromatic ring is 1. The van der Waals surface area contributed by atoms with E-state index < -0.39 is 16.1 Å². The number of aliphatic hydroxyl groups is 1. The smallest absolute Gasteiger partial charge is 0.238 e. The molecule has 0 aliphatic carbocycles. The lowest BCUT2D eigenvalue weighted by Crippen LogP contribution is -2.25. The van der Waals surface area contributed by atoms with E-state index in [1.54, 1.807) is 0 Å². The summed E-state index contributed by atoms with van der Waals surface area (Å²) in [6.07, 6.45) is -0.539. The van der Waals surface area contributed by atoms with Crippen LogP contribution < -0.4 is 16.2 Å². The van der Waals surface area contributed by atoms with Gasteiger partial charge >= 0.3 is 0 Å². The van der Waals surface area contributed by atoms with Crippen LogP contribution in [-0.4, -0.2) is 26.2 Å². The highest BCUT2D eigenvalue weighted by Gasteiger charge is 2.12. The first-order valence-electron chi connectivity index (χ1n) is 5.56. The van der Waals surface area contributed by atoms with Gasteiger partial charge in [0, 0.05) is 6.54 Å². The Bertz CT molecular complexity index is 514. The molecule has 1 atom stereocenters. The Labute approximate surface area is 107 Å². The molecule has 0 fully saturated rings. The fourth-order valence-electron chi connectivity index (χ4n) is 1.32. The molecule has 1 aromatic carbocycles. The lowest BCUT2D eigenvalue weighted by molar-refractivity contribution is 0.138. The van der Waals surface area contributed by atoms with Crippen molar-refractivity contribution in [3.8, 4) is 0 Å². The quantitative estimate of drug-likeness (QED) is 0.577. The summed E-state index contributed by atoms with van der Waals surface area (Å²) in [5.74, 6) is 0.0974. The summed E-state index contributed by atoms with van der Waals surface area (Å²) >= 11 is 0. The maximum Gasteiger partial charge on any atom is 0.238 e. The van der Waals surface area contributed by atoms with Crippen molar-refractivity contribution in [2.75, 3.05) is 17.6 Å². The molecular weight excluding hydrogens is 254 g/mol. The second-order valence-corrected chi connectivity index (χ2v) is 6.05. The molecule has 0 bridgehead atoms. The first kappa shape index (κ1) is 14.7. The Morgan fingerprint density at radius 2 is 2.00 bits per heavy atom. The van der Waals surface area contributed by atoms with Crippen LogP contribution in [0.15, 0.2) is 23.1 Å². The van der Waals surface area contributed by atoms with E-state index in [0.717, 1.165) is 0 Å². The van der Waals surface area contributed by atoms with E-state index in [-0.39, 0.29) is 17.4 Å². The van der Waals surface area contributed by atoms with Gasteiger partial charge in [0.05, 0.1) is 22.4 Å². The minimum Gasteiger partial charge on any atom is -0.397 e. The second kappa shape index (κ2) is 5.55. The van der Waals surface area contributed by atoms with Crippen molar-refractivity contribution < 1.29 is 13.5 Å². The third-order valence-corrected chi connectivity index (χ3v) is 3.54. The van der Waals surface area contributed by atoms with Crippen LogP contribution in [0.25, 0.3) is 0 Å². The van der Waals surface area contributed by atoms with Crippen molar-refractivity contribution in [1.82, 2.24) is 0 Å². The largest absolute Gasteiger partial charge is 0.397 e. The number of anilines is 2. The molecule has 0 saturated heterocycles. The maximum atomic E-state index is 11.2. The van der Waals surface area contributed by atoms with Crippen LogP contribution in [-0.2, 0) is 10.0 Å². The number of aliphatic hydroxyl groups excluding tert-OH is 1. The second-order valence-electron chi connectivity index (χ2n) is 4.49. The van der Waals surface area contributed by atoms with Gasteiger partial charge in [0.25, 0.3) is 0 Å². The van der Waals surface area contributed by atoms with Gasteiger partial charge in [-0.05, 0) is 24.1 Å². The summed E-state index contributed by atoms with van der Waals surface area (Å²) in [5.41, 5.74) is 6.56. The van der Waals surface area contributed by atoms with Crippen molar-refractivity contribution >= 4 is 21.4 Å². The zero-order chi connectivity index (χ0) is 13.9. The molecule has 7 heteroatoms. The van der Waals surface area contributed by atoms with E-state index >= 15 is 0 Å². The molecule has 0 aromatic heterocycles. The van der Waals surface area contributed by atoms with E-state index in [9.17, 15) is 13.5 Å². The fraction of sp³-hybridized carbons (Fsp3) is 0.455. The van der Waals surface area contributed by atoms with E-state index in [1.165, 1.54) is 18.2 Å². The number of nitrogens with two attached hydrogens (primary N) is 2. The molecule has 0 aliphatic rings. The third-order valence-electron chi connectivity index (χ3n) is 2.62. The number of rotatable bonds is 5. The van der Waals surface area contributed by atoms with Crippen LogP contribution in [0, 0.1) is 5.92 Å². The predicted octanol–water partition coefficient (Wildman–Crippen LogP) is 0.345. The van der Waals surface area contributed by atoms with Crippen LogP contribution in [0.3, 0.4) is 0 Å². The van der Waals surface area contributed by atoms with E-state index in [1.807, 2.05) is 13.8 Å². The maximum absolute atomic E-state index is 11.2. The zero-order valence-corrected chi connectivity index (χ0v) is 11.2. The van der Waals surface area contributed by atoms with Crippen LogP contribution in [0.1, 0.15) is 13.8 Å². The minimum atomic E-state index is -3.76. The fourth-order valence-corrected chi connectivity index (χ4v) is 1.86. The van der Waals surface area contributed by atoms with Crippen molar-refractivity contribution in [1.29, 1.82) is 0 Å². The molecule has 6 nitrogen and oxygen atoms in total. The molecule has 6 N–H and O–H groups in total. The van der Waals surface area contributed by atoms with Gasteiger partial charge in [-0.3, -0.25) is 0 Å². The highest BCUT2D eigenvalue weighted by atomic mass is 32.2. The Morgan fingerprint density at radius 1 is 1.39 bits per heavy atom. The average molecular weight is 273 g/mol. The number of primary sulfonamides is 1. The topological polar surface area (TPSA) is 118 Å². The Morgan fingerprint density at radius 3 is 2.50 bits per heavy atom. The van der Waals surface area contributed by atoms with Gasteiger partial charge in [-0.2, -0.15) is 0 Å². The number of hydrogen-bond acceptors (Lipinski definition) is 5. The van der Waals surface area contributed by atoms with Gasteiger partial charge in [0.1, 0.15) is 0 Å². The summed E-state index contributed by atoms with van der Waals surface area (Å²) in [6, 6.07) is 4.16. The SMILES string of the molecule is CC(C)C(O)CNc1cc(S(N)(=O)=O)ccc1N. The van der Waals surface area contributed by atoms with E-state index in [4.69, 9.17) is 10.9 Å². The summed E-state index contributed by atoms with van der Waals surface area (Å²) in [4.78, 5) is -0.0155. The Hall–Kier alpha value is -1.31. The van der Waals surface area contributed by atoms with Gasteiger partial charge in [0.15, 0.2) is 0 Å². The van der Waals surface area contributed by atoms with Crippen molar-refractivity contribution in [2.24, 2.45) is 11.1 Å². The molecule has 0 spiro atoms. The number of benzene rings is 1. The summed E-state index contributed by atoms with van der Waals surface area (Å²) in [5, 5.41) is 17.6. The molecule has 0 amide bonds. The monoisotopic (exact) mass is 273 g/mol. The minimum absolute atomic E-state index is 0.0155. The van der Waals surface area contributed by atoms with Crippen LogP contribution in [0.2, 0.25) is 0 Å². The normalized spacial score (nSPS) is 13.6. The zero-order valence-electron chi connectivity index (χ0n) is 10.4. The number of hydrogen-bond donors (Lipinski definition) is 4. The molecule has 1 aromatic rings. The average Bonchev–Trinajstić information content (AvgIpc) is 2.25. The lowest BCUT2D eigenvalue weighted by Gasteiger charge is -2.17. The first-order valence-corrected chi connectivity index (χ1v) is 7.10. The number of sulfonamides is 1. The van der Waals surface area contributed by atoms with Crippen LogP contribution in [0.4, 0.5) is 11.4 Å². The Balaban J connectivity index is 2.89. The highest BCUT2D eigenvalue weighted by molar-refractivity contribution is 7.89. The van der Waals surface area contributed by atoms with Crippen molar-refractivity contribution in [3.05, 3.63) is 18.2 Å². The van der Waals surface area contributed by atoms with Gasteiger partial charge in [0.2, 0.25) is 10.0 Å². The summed E-state index contributed by atoms with van der Waals surface area (Å²) in [7, 11) is -3.76. The Kier molecular flexibility index (Phi) is 4.55. The summed E-state index contributed by atoms with van der Waals surface area (Å²) < 4.78 is 22.4. The third kappa shape index (κ3) is 3.86. The van der Waals surface area contributed by atoms with Crippen molar-refractivity contribution in [2.45, 2.75) is 24.8 Å². The van der Waals surface area contributed by atoms with E-state index in [2.05, 4.69) is 5.32 Å². The molecule has 102 valence electrons. The molecular formula is C11H19N3O3S. The molecule has 0 heterocycles. The summed E-state index contributed by atoms with van der Waals surface area (Å²) in [6.45, 7) is 4.06. The first-order chi connectivity index (χ1) is 8.21. The number of nitrogens with one attached hydrogen (secondary N) is 1. The molecule has 18 heavy (non-hydrogen) atoms. The molecule has 1 rings (SSSR count). The predicted molar refractivity (Wildman–Crippen MR) is 71.6 cm³/mol. The van der Waals surface area contributed by atoms with Crippen molar-refractivity contribution in [3.63, 3.8) is 0 Å². The molecule has 1 unspecified atom stereocenters. The highest BCUT2D eigenvalue weighted by Crippen LogP contribution is 2.22. The van der Waals surface area contributed by atoms with E-state index in [0.29, 0.717) is 11.4 Å². The molecule has 0 aliphatic heterocycles. The van der Waals surface area contributed by atoms with Crippen LogP contribution in [0.5, 0.6) is 0 Å². The standard InChI is InChI=1S/C11H19N3O3S/c1-7(2)11(15)6-14-10-5-8(18(13,16)17)3-4-9(10)12/h3-5,7,11,14-15H,6,12H2,1-2H3,(H2,13,16,17). The van der Waals surface area contributed by atoms with Gasteiger partial charge < -0.3 is 16.2 Å². The van der Waals surface area contributed by atoms with Gasteiger partial charge in [-0.1, -0.05) is 13.8 Å². The van der Waals surface area contributed by atoms with Gasteiger partial charge in [-0.25, -0.2) is 13.6 Å². The molecule has 0 saturated carbocycles. The van der Waals surface area contributed by atoms with Crippen LogP contribution >= 0.6 is 0 Å². The molecule has 0 radical (unpaired) electrons. The lowest BCUT2D eigenvalue weighted by atomic mass is 10.1. The van der Waals surface area contributed by atoms with Gasteiger partial charge in [-0.15, -0.1) is 0 Å².